The minimum Gasteiger partial charge on any atom is -0.467 e. The molecular weight excluding hydrogens is 208 g/mol. The molecule has 1 aliphatic rings. The number of benzene rings is 1. The van der Waals surface area contributed by atoms with Crippen LogP contribution < -0.4 is 10.5 Å². The molecule has 0 unspecified atom stereocenters. The molecule has 2 N–H and O–H groups in total. The number of ether oxygens (including phenoxy) is 2. The second-order valence-corrected chi connectivity index (χ2v) is 3.51. The van der Waals surface area contributed by atoms with Crippen LogP contribution in [-0.4, -0.2) is 11.9 Å². The van der Waals surface area contributed by atoms with E-state index >= 15 is 0 Å². The number of nitrogen functional groups attached to an aromatic ring is 1. The largest absolute Gasteiger partial charge is 0.467 e. The Bertz CT molecular complexity index is 522. The van der Waals surface area contributed by atoms with E-state index in [1.165, 1.54) is 0 Å². The first kappa shape index (κ1) is 9.23. The molecule has 82 valence electrons. The highest BCUT2D eigenvalue weighted by Crippen LogP contribution is 2.33. The normalized spacial score (nSPS) is 14.2. The molecule has 1 aromatic heterocycles. The summed E-state index contributed by atoms with van der Waals surface area (Å²) in [5.74, 6) is 1.12. The van der Waals surface area contributed by atoms with Crippen molar-refractivity contribution in [3.05, 3.63) is 29.8 Å². The van der Waals surface area contributed by atoms with Crippen LogP contribution in [0, 0.1) is 0 Å². The monoisotopic (exact) mass is 218 g/mol. The van der Waals surface area contributed by atoms with Gasteiger partial charge in [-0.3, -0.25) is 0 Å². The summed E-state index contributed by atoms with van der Waals surface area (Å²) in [6, 6.07) is 7.44. The van der Waals surface area contributed by atoms with Crippen molar-refractivity contribution in [2.45, 2.75) is 6.61 Å². The van der Waals surface area contributed by atoms with Gasteiger partial charge in [-0.1, -0.05) is 17.3 Å². The van der Waals surface area contributed by atoms with Gasteiger partial charge in [0.2, 0.25) is 5.88 Å². The quantitative estimate of drug-likeness (QED) is 0.790. The average molecular weight is 218 g/mol. The predicted molar refractivity (Wildman–Crippen MR) is 56.6 cm³/mol. The fourth-order valence-electron chi connectivity index (χ4n) is 1.75. The zero-order valence-electron chi connectivity index (χ0n) is 8.47. The Hall–Kier alpha value is -2.01. The number of fused-ring (bicyclic) bond motifs is 1. The molecule has 0 fully saturated rings. The molecule has 2 aromatic rings. The molecular formula is C11H10N2O3. The third-order valence-electron chi connectivity index (χ3n) is 2.48. The van der Waals surface area contributed by atoms with E-state index in [2.05, 4.69) is 5.16 Å². The molecule has 0 spiro atoms. The number of hydrogen-bond acceptors (Lipinski definition) is 5. The zero-order chi connectivity index (χ0) is 11.0. The first-order valence-corrected chi connectivity index (χ1v) is 4.89. The van der Waals surface area contributed by atoms with E-state index in [-0.39, 0.29) is 6.79 Å². The summed E-state index contributed by atoms with van der Waals surface area (Å²) in [7, 11) is 0. The van der Waals surface area contributed by atoms with E-state index in [4.69, 9.17) is 19.7 Å². The second kappa shape index (κ2) is 3.53. The summed E-state index contributed by atoms with van der Waals surface area (Å²) >= 11 is 0. The molecule has 2 heterocycles. The molecule has 5 nitrogen and oxygen atoms in total. The van der Waals surface area contributed by atoms with Gasteiger partial charge in [-0.25, -0.2) is 0 Å². The predicted octanol–water partition coefficient (Wildman–Crippen LogP) is 1.79. The van der Waals surface area contributed by atoms with Crippen LogP contribution in [0.25, 0.3) is 11.3 Å². The Morgan fingerprint density at radius 1 is 1.31 bits per heavy atom. The van der Waals surface area contributed by atoms with Gasteiger partial charge in [-0.05, 0) is 6.07 Å². The van der Waals surface area contributed by atoms with Crippen LogP contribution in [0.5, 0.6) is 5.75 Å². The Morgan fingerprint density at radius 2 is 2.25 bits per heavy atom. The number of nitrogens with zero attached hydrogens (tertiary/aromatic N) is 1. The van der Waals surface area contributed by atoms with Gasteiger partial charge in [-0.15, -0.1) is 0 Å². The van der Waals surface area contributed by atoms with E-state index in [0.29, 0.717) is 18.2 Å². The van der Waals surface area contributed by atoms with Gasteiger partial charge in [0.05, 0.1) is 6.61 Å². The van der Waals surface area contributed by atoms with E-state index < -0.39 is 0 Å². The second-order valence-electron chi connectivity index (χ2n) is 3.51. The molecule has 0 atom stereocenters. The summed E-state index contributed by atoms with van der Waals surface area (Å²) < 4.78 is 15.5. The highest BCUT2D eigenvalue weighted by Gasteiger charge is 2.17. The maximum Gasteiger partial charge on any atom is 0.222 e. The number of anilines is 1. The van der Waals surface area contributed by atoms with E-state index in [0.717, 1.165) is 16.9 Å². The molecule has 5 heteroatoms. The van der Waals surface area contributed by atoms with Gasteiger partial charge in [0.15, 0.2) is 6.79 Å². The summed E-state index contributed by atoms with van der Waals surface area (Å²) in [5.41, 5.74) is 8.10. The van der Waals surface area contributed by atoms with Crippen molar-refractivity contribution in [1.29, 1.82) is 0 Å². The van der Waals surface area contributed by atoms with Crippen molar-refractivity contribution in [3.8, 4) is 17.0 Å². The molecule has 16 heavy (non-hydrogen) atoms. The number of hydrogen-bond donors (Lipinski definition) is 1. The zero-order valence-corrected chi connectivity index (χ0v) is 8.47. The first-order chi connectivity index (χ1) is 7.84. The molecule has 1 aromatic carbocycles. The van der Waals surface area contributed by atoms with Gasteiger partial charge in [0.25, 0.3) is 0 Å². The molecule has 0 amide bonds. The van der Waals surface area contributed by atoms with E-state index in [1.54, 1.807) is 6.07 Å². The highest BCUT2D eigenvalue weighted by atomic mass is 16.7. The number of nitrogens with two attached hydrogens (primary N) is 1. The Labute approximate surface area is 91.7 Å². The van der Waals surface area contributed by atoms with Crippen molar-refractivity contribution in [1.82, 2.24) is 5.16 Å². The third-order valence-corrected chi connectivity index (χ3v) is 2.48. The molecule has 0 saturated carbocycles. The standard InChI is InChI=1S/C11H10N2O3/c12-11-4-9(13-16-11)7-2-1-3-10-8(7)5-14-6-15-10/h1-4H,5-6,12H2. The lowest BCUT2D eigenvalue weighted by Gasteiger charge is -2.19. The SMILES string of the molecule is Nc1cc(-c2cccc3c2COCO3)no1. The average Bonchev–Trinajstić information content (AvgIpc) is 2.75. The summed E-state index contributed by atoms with van der Waals surface area (Å²) in [4.78, 5) is 0. The van der Waals surface area contributed by atoms with Crippen LogP contribution in [0.2, 0.25) is 0 Å². The van der Waals surface area contributed by atoms with E-state index in [1.807, 2.05) is 18.2 Å². The maximum absolute atomic E-state index is 5.50. The molecule has 0 radical (unpaired) electrons. The van der Waals surface area contributed by atoms with Gasteiger partial charge >= 0.3 is 0 Å². The van der Waals surface area contributed by atoms with Crippen molar-refractivity contribution in [2.75, 3.05) is 12.5 Å². The Balaban J connectivity index is 2.13. The molecule has 0 bridgehead atoms. The Kier molecular flexibility index (Phi) is 2.04. The van der Waals surface area contributed by atoms with Crippen LogP contribution in [0.4, 0.5) is 5.88 Å². The van der Waals surface area contributed by atoms with Crippen LogP contribution in [-0.2, 0) is 11.3 Å². The topological polar surface area (TPSA) is 70.5 Å². The highest BCUT2D eigenvalue weighted by molar-refractivity contribution is 5.68. The van der Waals surface area contributed by atoms with Crippen LogP contribution >= 0.6 is 0 Å². The van der Waals surface area contributed by atoms with Gasteiger partial charge in [0.1, 0.15) is 11.4 Å². The van der Waals surface area contributed by atoms with Gasteiger partial charge in [-0.2, -0.15) is 0 Å². The molecule has 1 aliphatic heterocycles. The van der Waals surface area contributed by atoms with Gasteiger partial charge in [0, 0.05) is 17.2 Å². The first-order valence-electron chi connectivity index (χ1n) is 4.89. The van der Waals surface area contributed by atoms with Crippen LogP contribution in [0.15, 0.2) is 28.8 Å². The lowest BCUT2D eigenvalue weighted by molar-refractivity contribution is -0.0160. The van der Waals surface area contributed by atoms with Gasteiger partial charge < -0.3 is 19.7 Å². The minimum absolute atomic E-state index is 0.289. The number of rotatable bonds is 1. The molecule has 3 rings (SSSR count). The summed E-state index contributed by atoms with van der Waals surface area (Å²) in [6.45, 7) is 0.801. The van der Waals surface area contributed by atoms with Crippen molar-refractivity contribution < 1.29 is 14.0 Å². The van der Waals surface area contributed by atoms with E-state index in [9.17, 15) is 0 Å². The summed E-state index contributed by atoms with van der Waals surface area (Å²) in [5, 5.41) is 3.88. The lowest BCUT2D eigenvalue weighted by Crippen LogP contribution is -2.12. The Morgan fingerprint density at radius 3 is 3.06 bits per heavy atom. The molecule has 0 aliphatic carbocycles. The van der Waals surface area contributed by atoms with Crippen molar-refractivity contribution >= 4 is 5.88 Å². The van der Waals surface area contributed by atoms with Crippen LogP contribution in [0.1, 0.15) is 5.56 Å². The lowest BCUT2D eigenvalue weighted by atomic mass is 10.0. The third kappa shape index (κ3) is 1.42. The minimum atomic E-state index is 0.289. The smallest absolute Gasteiger partial charge is 0.222 e. The maximum atomic E-state index is 5.50. The fraction of sp³-hybridized carbons (Fsp3) is 0.182. The number of aromatic nitrogens is 1. The van der Waals surface area contributed by atoms with Crippen molar-refractivity contribution in [3.63, 3.8) is 0 Å². The molecule has 0 saturated heterocycles. The van der Waals surface area contributed by atoms with Crippen LogP contribution in [0.3, 0.4) is 0 Å². The fourth-order valence-corrected chi connectivity index (χ4v) is 1.75. The summed E-state index contributed by atoms with van der Waals surface area (Å²) in [6.07, 6.45) is 0. The van der Waals surface area contributed by atoms with Crippen molar-refractivity contribution in [2.24, 2.45) is 0 Å².